The lowest BCUT2D eigenvalue weighted by Gasteiger charge is -2.41. The topological polar surface area (TPSA) is 85.7 Å². The van der Waals surface area contributed by atoms with E-state index in [9.17, 15) is 0 Å². The van der Waals surface area contributed by atoms with Crippen molar-refractivity contribution in [1.82, 2.24) is 0 Å². The van der Waals surface area contributed by atoms with Gasteiger partial charge in [0.15, 0.2) is 20.4 Å². The number of fused-ring (bicyclic) bond motifs is 1. The molecular formula is C15H29N3O4Si. The van der Waals surface area contributed by atoms with Gasteiger partial charge in [-0.1, -0.05) is 32.8 Å². The molecule has 0 aromatic rings. The molecular weight excluding hydrogens is 314 g/mol. The van der Waals surface area contributed by atoms with Crippen LogP contribution in [0.4, 0.5) is 0 Å². The maximum atomic E-state index is 8.74. The Labute approximate surface area is 139 Å². The first kappa shape index (κ1) is 18.7. The van der Waals surface area contributed by atoms with Crippen LogP contribution in [0.1, 0.15) is 41.5 Å². The molecule has 132 valence electrons. The summed E-state index contributed by atoms with van der Waals surface area (Å²) in [5.74, 6) is -0.697. The number of rotatable bonds is 4. The quantitative estimate of drug-likeness (QED) is 0.335. The van der Waals surface area contributed by atoms with E-state index in [4.69, 9.17) is 24.2 Å². The number of ether oxygens (including phenoxy) is 3. The third kappa shape index (κ3) is 3.73. The van der Waals surface area contributed by atoms with Crippen molar-refractivity contribution in [3.8, 4) is 0 Å². The molecule has 2 rings (SSSR count). The molecule has 0 saturated carbocycles. The van der Waals surface area contributed by atoms with Crippen LogP contribution in [0.25, 0.3) is 10.4 Å². The predicted octanol–water partition coefficient (Wildman–Crippen LogP) is 3.95. The molecule has 0 radical (unpaired) electrons. The van der Waals surface area contributed by atoms with Crippen LogP contribution >= 0.6 is 0 Å². The summed E-state index contributed by atoms with van der Waals surface area (Å²) in [6.07, 6.45) is -1.46. The van der Waals surface area contributed by atoms with E-state index in [1.165, 1.54) is 0 Å². The molecule has 0 bridgehead atoms. The van der Waals surface area contributed by atoms with Crippen LogP contribution in [-0.4, -0.2) is 44.7 Å². The fourth-order valence-electron chi connectivity index (χ4n) is 2.69. The summed E-state index contributed by atoms with van der Waals surface area (Å²) in [6, 6.07) is -0.351. The van der Waals surface area contributed by atoms with Gasteiger partial charge >= 0.3 is 0 Å². The molecule has 7 nitrogen and oxygen atoms in total. The average molecular weight is 344 g/mol. The zero-order chi connectivity index (χ0) is 17.6. The third-order valence-corrected chi connectivity index (χ3v) is 9.45. The van der Waals surface area contributed by atoms with Crippen LogP contribution in [0, 0.1) is 0 Å². The molecule has 0 amide bonds. The van der Waals surface area contributed by atoms with Crippen LogP contribution in [0.3, 0.4) is 0 Å². The molecule has 2 saturated heterocycles. The second kappa shape index (κ2) is 6.02. The van der Waals surface area contributed by atoms with Gasteiger partial charge in [-0.05, 0) is 37.5 Å². The Morgan fingerprint density at radius 3 is 2.39 bits per heavy atom. The second-order valence-corrected chi connectivity index (χ2v) is 13.1. The monoisotopic (exact) mass is 343 g/mol. The number of hydrogen-bond donors (Lipinski definition) is 0. The lowest BCUT2D eigenvalue weighted by Crippen LogP contribution is -2.51. The maximum Gasteiger partial charge on any atom is 0.192 e. The molecule has 0 spiro atoms. The first-order chi connectivity index (χ1) is 10.4. The predicted molar refractivity (Wildman–Crippen MR) is 89.4 cm³/mol. The van der Waals surface area contributed by atoms with E-state index < -0.39 is 20.4 Å². The molecule has 2 heterocycles. The van der Waals surface area contributed by atoms with E-state index in [1.807, 2.05) is 20.8 Å². The molecule has 0 unspecified atom stereocenters. The summed E-state index contributed by atoms with van der Waals surface area (Å²) < 4.78 is 24.4. The highest BCUT2D eigenvalue weighted by Crippen LogP contribution is 2.44. The molecule has 0 aliphatic carbocycles. The summed E-state index contributed by atoms with van der Waals surface area (Å²) in [5, 5.41) is 3.85. The molecule has 8 heteroatoms. The lowest BCUT2D eigenvalue weighted by molar-refractivity contribution is -0.215. The Morgan fingerprint density at radius 2 is 1.87 bits per heavy atom. The van der Waals surface area contributed by atoms with Gasteiger partial charge in [-0.15, -0.1) is 0 Å². The first-order valence-corrected chi connectivity index (χ1v) is 11.0. The molecule has 2 aliphatic heterocycles. The van der Waals surface area contributed by atoms with Gasteiger partial charge < -0.3 is 18.6 Å². The van der Waals surface area contributed by atoms with E-state index in [1.54, 1.807) is 0 Å². The average Bonchev–Trinajstić information content (AvgIpc) is 2.82. The number of azide groups is 1. The minimum absolute atomic E-state index is 0.0619. The van der Waals surface area contributed by atoms with Gasteiger partial charge in [-0.25, -0.2) is 0 Å². The van der Waals surface area contributed by atoms with Crippen molar-refractivity contribution in [1.29, 1.82) is 0 Å². The van der Waals surface area contributed by atoms with E-state index in [0.717, 1.165) is 0 Å². The highest BCUT2D eigenvalue weighted by atomic mass is 28.4. The van der Waals surface area contributed by atoms with E-state index in [-0.39, 0.29) is 29.4 Å². The summed E-state index contributed by atoms with van der Waals surface area (Å²) >= 11 is 0. The SMILES string of the molecule is C[C@H](N=[N+]=[N-])[C@@H]1O[C@H]2OC(C)(C)O[C@H]2[C@@H]1O[Si](C)(C)C(C)(C)C. The van der Waals surface area contributed by atoms with E-state index in [0.29, 0.717) is 0 Å². The minimum Gasteiger partial charge on any atom is -0.408 e. The summed E-state index contributed by atoms with van der Waals surface area (Å²) in [6.45, 7) is 16.5. The van der Waals surface area contributed by atoms with Crippen molar-refractivity contribution in [2.24, 2.45) is 5.11 Å². The smallest absolute Gasteiger partial charge is 0.192 e. The normalized spacial score (nSPS) is 34.8. The first-order valence-electron chi connectivity index (χ1n) is 8.11. The van der Waals surface area contributed by atoms with Crippen LogP contribution in [-0.2, 0) is 18.6 Å². The molecule has 0 N–H and O–H groups in total. The summed E-state index contributed by atoms with van der Waals surface area (Å²) in [4.78, 5) is 2.90. The number of nitrogens with zero attached hydrogens (tertiary/aromatic N) is 3. The Balaban J connectivity index is 2.27. The summed E-state index contributed by atoms with van der Waals surface area (Å²) in [7, 11) is -2.04. The van der Waals surface area contributed by atoms with Gasteiger partial charge in [-0.3, -0.25) is 0 Å². The highest BCUT2D eigenvalue weighted by Gasteiger charge is 2.58. The Hall–Kier alpha value is -0.633. The van der Waals surface area contributed by atoms with Crippen LogP contribution in [0.2, 0.25) is 18.1 Å². The van der Waals surface area contributed by atoms with Crippen LogP contribution < -0.4 is 0 Å². The molecule has 2 fully saturated rings. The Kier molecular flexibility index (Phi) is 4.90. The fraction of sp³-hybridized carbons (Fsp3) is 1.00. The van der Waals surface area contributed by atoms with Crippen molar-refractivity contribution in [3.05, 3.63) is 10.4 Å². The molecule has 0 aromatic carbocycles. The van der Waals surface area contributed by atoms with Crippen molar-refractivity contribution in [2.75, 3.05) is 0 Å². The van der Waals surface area contributed by atoms with E-state index in [2.05, 4.69) is 43.9 Å². The van der Waals surface area contributed by atoms with Crippen LogP contribution in [0.5, 0.6) is 0 Å². The van der Waals surface area contributed by atoms with Gasteiger partial charge in [0.25, 0.3) is 0 Å². The van der Waals surface area contributed by atoms with Crippen LogP contribution in [0.15, 0.2) is 5.11 Å². The van der Waals surface area contributed by atoms with Gasteiger partial charge in [0, 0.05) is 4.91 Å². The summed E-state index contributed by atoms with van der Waals surface area (Å²) in [5.41, 5.74) is 8.74. The molecule has 5 atom stereocenters. The van der Waals surface area contributed by atoms with Crippen molar-refractivity contribution in [3.63, 3.8) is 0 Å². The maximum absolute atomic E-state index is 8.74. The van der Waals surface area contributed by atoms with Gasteiger partial charge in [-0.2, -0.15) is 0 Å². The van der Waals surface area contributed by atoms with Gasteiger partial charge in [0.05, 0.1) is 12.1 Å². The standard InChI is InChI=1S/C15H29N3O4Si/c1-9(17-18-16)10-11(22-23(7,8)14(2,3)4)12-13(19-10)21-15(5,6)20-12/h9-13H,1-8H3/t9-,10-,11+,12-,13-/m0/s1. The molecule has 23 heavy (non-hydrogen) atoms. The highest BCUT2D eigenvalue weighted by molar-refractivity contribution is 6.74. The number of hydrogen-bond acceptors (Lipinski definition) is 5. The zero-order valence-electron chi connectivity index (χ0n) is 15.4. The molecule has 2 aliphatic rings. The third-order valence-electron chi connectivity index (χ3n) is 4.97. The van der Waals surface area contributed by atoms with Crippen molar-refractivity contribution >= 4 is 8.32 Å². The van der Waals surface area contributed by atoms with Crippen molar-refractivity contribution in [2.45, 2.75) is 96.1 Å². The zero-order valence-corrected chi connectivity index (χ0v) is 16.4. The fourth-order valence-corrected chi connectivity index (χ4v) is 3.99. The lowest BCUT2D eigenvalue weighted by atomic mass is 10.1. The Bertz CT molecular complexity index is 499. The van der Waals surface area contributed by atoms with Gasteiger partial charge in [0.2, 0.25) is 0 Å². The Morgan fingerprint density at radius 1 is 1.26 bits per heavy atom. The van der Waals surface area contributed by atoms with Gasteiger partial charge in [0.1, 0.15) is 12.2 Å². The van der Waals surface area contributed by atoms with Crippen molar-refractivity contribution < 1.29 is 18.6 Å². The molecule has 0 aromatic heterocycles. The minimum atomic E-state index is -2.04. The second-order valence-electron chi connectivity index (χ2n) is 8.36. The van der Waals surface area contributed by atoms with E-state index >= 15 is 0 Å². The largest absolute Gasteiger partial charge is 0.408 e.